The molecule has 0 saturated carbocycles. The molecule has 0 radical (unpaired) electrons. The molecule has 0 bridgehead atoms. The molecule has 0 spiro atoms. The molecule has 28 heavy (non-hydrogen) atoms. The number of rotatable bonds is 7. The van der Waals surface area contributed by atoms with E-state index in [-0.39, 0.29) is 11.2 Å². The third kappa shape index (κ3) is 5.32. The first kappa shape index (κ1) is 20.8. The highest BCUT2D eigenvalue weighted by Crippen LogP contribution is 2.32. The molecular weight excluding hydrogens is 434 g/mol. The topological polar surface area (TPSA) is 45.0 Å². The molecule has 0 aliphatic carbocycles. The Hall–Kier alpha value is -1.92. The van der Waals surface area contributed by atoms with Gasteiger partial charge in [0.05, 0.1) is 18.0 Å². The quantitative estimate of drug-likeness (QED) is 0.390. The molecule has 6 heteroatoms. The van der Waals surface area contributed by atoms with E-state index in [1.54, 1.807) is 11.1 Å². The Morgan fingerprint density at radius 1 is 1.18 bits per heavy atom. The van der Waals surface area contributed by atoms with Crippen LogP contribution >= 0.6 is 27.7 Å². The summed E-state index contributed by atoms with van der Waals surface area (Å²) >= 11 is 4.96. The van der Waals surface area contributed by atoms with Crippen LogP contribution in [0.15, 0.2) is 63.2 Å². The number of carbonyl (C=O) groups is 1. The maximum atomic E-state index is 13.0. The minimum atomic E-state index is -0.0643. The Balaban J connectivity index is 1.81. The highest BCUT2D eigenvalue weighted by Gasteiger charge is 2.37. The van der Waals surface area contributed by atoms with Gasteiger partial charge in [0.15, 0.2) is 5.17 Å². The molecule has 0 aromatic heterocycles. The molecule has 3 rings (SSSR count). The predicted molar refractivity (Wildman–Crippen MR) is 122 cm³/mol. The first-order valence-electron chi connectivity index (χ1n) is 9.47. The van der Waals surface area contributed by atoms with Gasteiger partial charge in [0.25, 0.3) is 0 Å². The van der Waals surface area contributed by atoms with Gasteiger partial charge in [0.2, 0.25) is 5.91 Å². The van der Waals surface area contributed by atoms with Gasteiger partial charge in [-0.05, 0) is 42.2 Å². The summed E-state index contributed by atoms with van der Waals surface area (Å²) in [4.78, 5) is 14.8. The second-order valence-corrected chi connectivity index (χ2v) is 8.86. The van der Waals surface area contributed by atoms with E-state index in [0.29, 0.717) is 11.7 Å². The number of nitrogens with zero attached hydrogens (tertiary/aromatic N) is 3. The van der Waals surface area contributed by atoms with Crippen LogP contribution in [0.4, 0.5) is 0 Å². The monoisotopic (exact) mass is 457 g/mol. The lowest BCUT2D eigenvalue weighted by Gasteiger charge is -2.17. The molecule has 2 aromatic carbocycles. The van der Waals surface area contributed by atoms with Crippen molar-refractivity contribution in [2.45, 2.75) is 44.9 Å². The standard InChI is InChI=1S/C22H24BrN3OS/c1-3-4-9-20-21(27)26(15-18-8-6-5-7-16(18)2)22(28-20)25-24-14-17-10-12-19(23)13-11-17/h5-8,10-14,20H,3-4,9,15H2,1-2H3/b24-14-,25-22-/t20-/m1/s1. The Morgan fingerprint density at radius 3 is 2.64 bits per heavy atom. The van der Waals surface area contributed by atoms with E-state index in [1.807, 2.05) is 36.4 Å². The summed E-state index contributed by atoms with van der Waals surface area (Å²) in [5.41, 5.74) is 3.28. The molecule has 1 amide bonds. The van der Waals surface area contributed by atoms with Crippen molar-refractivity contribution < 1.29 is 4.79 Å². The first-order chi connectivity index (χ1) is 13.6. The average molecular weight is 458 g/mol. The molecule has 1 fully saturated rings. The van der Waals surface area contributed by atoms with Crippen molar-refractivity contribution in [1.29, 1.82) is 0 Å². The summed E-state index contributed by atoms with van der Waals surface area (Å²) in [6.45, 7) is 4.75. The fourth-order valence-electron chi connectivity index (χ4n) is 2.96. The number of amidine groups is 1. The highest BCUT2D eigenvalue weighted by molar-refractivity contribution is 9.10. The third-order valence-corrected chi connectivity index (χ3v) is 6.41. The number of carbonyl (C=O) groups excluding carboxylic acids is 1. The van der Waals surface area contributed by atoms with Crippen molar-refractivity contribution in [3.63, 3.8) is 0 Å². The zero-order valence-corrected chi connectivity index (χ0v) is 18.5. The Labute approximate surface area is 179 Å². The first-order valence-corrected chi connectivity index (χ1v) is 11.1. The van der Waals surface area contributed by atoms with Crippen molar-refractivity contribution >= 4 is 45.0 Å². The number of thioether (sulfide) groups is 1. The normalized spacial score (nSPS) is 18.5. The van der Waals surface area contributed by atoms with Crippen molar-refractivity contribution in [2.24, 2.45) is 10.2 Å². The van der Waals surface area contributed by atoms with Crippen LogP contribution in [0, 0.1) is 6.92 Å². The minimum Gasteiger partial charge on any atom is -0.284 e. The lowest BCUT2D eigenvalue weighted by Crippen LogP contribution is -2.31. The molecular formula is C22H24BrN3OS. The Bertz CT molecular complexity index is 880. The smallest absolute Gasteiger partial charge is 0.242 e. The number of halogens is 1. The number of benzene rings is 2. The number of unbranched alkanes of at least 4 members (excludes halogenated alkanes) is 1. The molecule has 4 nitrogen and oxygen atoms in total. The Kier molecular flexibility index (Phi) is 7.45. The summed E-state index contributed by atoms with van der Waals surface area (Å²) < 4.78 is 1.02. The zero-order chi connectivity index (χ0) is 19.9. The molecule has 1 aliphatic heterocycles. The second kappa shape index (κ2) is 10.0. The maximum absolute atomic E-state index is 13.0. The van der Waals surface area contributed by atoms with Gasteiger partial charge in [-0.1, -0.05) is 83.9 Å². The van der Waals surface area contributed by atoms with E-state index in [4.69, 9.17) is 0 Å². The minimum absolute atomic E-state index is 0.0643. The van der Waals surface area contributed by atoms with Gasteiger partial charge in [0.1, 0.15) is 0 Å². The van der Waals surface area contributed by atoms with E-state index < -0.39 is 0 Å². The van der Waals surface area contributed by atoms with Crippen LogP contribution < -0.4 is 0 Å². The molecule has 0 N–H and O–H groups in total. The van der Waals surface area contributed by atoms with Gasteiger partial charge < -0.3 is 0 Å². The van der Waals surface area contributed by atoms with E-state index in [0.717, 1.165) is 34.9 Å². The second-order valence-electron chi connectivity index (χ2n) is 6.78. The van der Waals surface area contributed by atoms with Crippen LogP contribution in [0.2, 0.25) is 0 Å². The summed E-state index contributed by atoms with van der Waals surface area (Å²) in [6, 6.07) is 16.0. The number of aryl methyl sites for hydroxylation is 1. The maximum Gasteiger partial charge on any atom is 0.242 e. The SMILES string of the molecule is CCCC[C@H]1S/C(=N\N=C/c2ccc(Br)cc2)N(Cc2ccccc2C)C1=O. The van der Waals surface area contributed by atoms with E-state index >= 15 is 0 Å². The van der Waals surface area contributed by atoms with E-state index in [9.17, 15) is 4.79 Å². The summed E-state index contributed by atoms with van der Waals surface area (Å²) in [6.07, 6.45) is 4.71. The number of hydrogen-bond donors (Lipinski definition) is 0. The molecule has 146 valence electrons. The van der Waals surface area contributed by atoms with Crippen molar-refractivity contribution in [2.75, 3.05) is 0 Å². The van der Waals surface area contributed by atoms with Crippen LogP contribution in [0.3, 0.4) is 0 Å². The predicted octanol–water partition coefficient (Wildman–Crippen LogP) is 5.78. The molecule has 0 unspecified atom stereocenters. The summed E-state index contributed by atoms with van der Waals surface area (Å²) in [5.74, 6) is 0.138. The average Bonchev–Trinajstić information content (AvgIpc) is 2.98. The summed E-state index contributed by atoms with van der Waals surface area (Å²) in [5, 5.41) is 9.27. The van der Waals surface area contributed by atoms with Gasteiger partial charge >= 0.3 is 0 Å². The molecule has 1 saturated heterocycles. The summed E-state index contributed by atoms with van der Waals surface area (Å²) in [7, 11) is 0. The van der Waals surface area contributed by atoms with E-state index in [1.165, 1.54) is 17.3 Å². The number of hydrogen-bond acceptors (Lipinski definition) is 4. The van der Waals surface area contributed by atoms with Crippen LogP contribution in [0.25, 0.3) is 0 Å². The number of amides is 1. The van der Waals surface area contributed by atoms with E-state index in [2.05, 4.69) is 52.1 Å². The largest absolute Gasteiger partial charge is 0.284 e. The Morgan fingerprint density at radius 2 is 1.93 bits per heavy atom. The van der Waals surface area contributed by atoms with Gasteiger partial charge in [-0.25, -0.2) is 0 Å². The van der Waals surface area contributed by atoms with Crippen molar-refractivity contribution in [3.8, 4) is 0 Å². The van der Waals surface area contributed by atoms with Gasteiger partial charge in [-0.2, -0.15) is 5.10 Å². The van der Waals surface area contributed by atoms with Gasteiger partial charge in [-0.3, -0.25) is 9.69 Å². The van der Waals surface area contributed by atoms with Crippen LogP contribution in [-0.4, -0.2) is 27.4 Å². The fourth-order valence-corrected chi connectivity index (χ4v) is 4.36. The van der Waals surface area contributed by atoms with Crippen LogP contribution in [0.1, 0.15) is 42.9 Å². The molecule has 1 heterocycles. The lowest BCUT2D eigenvalue weighted by atomic mass is 10.1. The van der Waals surface area contributed by atoms with Crippen molar-refractivity contribution in [1.82, 2.24) is 4.90 Å². The van der Waals surface area contributed by atoms with Crippen LogP contribution in [-0.2, 0) is 11.3 Å². The fraction of sp³-hybridized carbons (Fsp3) is 0.318. The van der Waals surface area contributed by atoms with Gasteiger partial charge in [0, 0.05) is 4.47 Å². The lowest BCUT2D eigenvalue weighted by molar-refractivity contribution is -0.126. The third-order valence-electron chi connectivity index (χ3n) is 4.65. The van der Waals surface area contributed by atoms with Gasteiger partial charge in [-0.15, -0.1) is 5.10 Å². The zero-order valence-electron chi connectivity index (χ0n) is 16.1. The highest BCUT2D eigenvalue weighted by atomic mass is 79.9. The molecule has 1 aliphatic rings. The molecule has 1 atom stereocenters. The van der Waals surface area contributed by atoms with Crippen molar-refractivity contribution in [3.05, 3.63) is 69.7 Å². The molecule has 2 aromatic rings. The van der Waals surface area contributed by atoms with Crippen LogP contribution in [0.5, 0.6) is 0 Å².